The molecule has 0 bridgehead atoms. The summed E-state index contributed by atoms with van der Waals surface area (Å²) < 4.78 is 13.3. The Kier molecular flexibility index (Phi) is 4.57. The van der Waals surface area contributed by atoms with E-state index in [1.807, 2.05) is 0 Å². The first-order chi connectivity index (χ1) is 11.5. The van der Waals surface area contributed by atoms with Crippen molar-refractivity contribution in [3.05, 3.63) is 75.2 Å². The maximum atomic E-state index is 13.3. The van der Waals surface area contributed by atoms with Gasteiger partial charge in [-0.15, -0.1) is 0 Å². The molecule has 24 heavy (non-hydrogen) atoms. The zero-order valence-electron chi connectivity index (χ0n) is 12.5. The van der Waals surface area contributed by atoms with Gasteiger partial charge >= 0.3 is 0 Å². The molecule has 2 aromatic carbocycles. The van der Waals surface area contributed by atoms with Gasteiger partial charge < -0.3 is 5.32 Å². The molecule has 1 aromatic heterocycles. The highest BCUT2D eigenvalue weighted by molar-refractivity contribution is 6.30. The predicted molar refractivity (Wildman–Crippen MR) is 92.0 cm³/mol. The van der Waals surface area contributed by atoms with E-state index in [0.29, 0.717) is 18.5 Å². The lowest BCUT2D eigenvalue weighted by atomic mass is 10.1. The maximum absolute atomic E-state index is 13.3. The van der Waals surface area contributed by atoms with Gasteiger partial charge in [-0.05, 0) is 30.2 Å². The number of hydrogen-bond donors (Lipinski definition) is 1. The maximum Gasteiger partial charge on any atom is 0.269 e. The summed E-state index contributed by atoms with van der Waals surface area (Å²) in [6, 6.07) is 12.5. The summed E-state index contributed by atoms with van der Waals surface area (Å²) >= 11 is 5.98. The molecule has 0 saturated carbocycles. The number of nitrogens with zero attached hydrogens (tertiary/aromatic N) is 2. The van der Waals surface area contributed by atoms with E-state index < -0.39 is 4.92 Å². The first-order valence-corrected chi connectivity index (χ1v) is 7.64. The molecular formula is C17H13ClFN3O2. The lowest BCUT2D eigenvalue weighted by Crippen LogP contribution is -2.06. The first kappa shape index (κ1) is 16.1. The number of nitrogens with one attached hydrogen (secondary N) is 1. The molecule has 1 heterocycles. The van der Waals surface area contributed by atoms with E-state index in [4.69, 9.17) is 11.6 Å². The Balaban J connectivity index is 1.72. The van der Waals surface area contributed by atoms with E-state index in [1.165, 1.54) is 24.3 Å². The van der Waals surface area contributed by atoms with Crippen LogP contribution in [-0.4, -0.2) is 16.5 Å². The van der Waals surface area contributed by atoms with E-state index in [1.54, 1.807) is 24.3 Å². The molecule has 0 saturated heterocycles. The summed E-state index contributed by atoms with van der Waals surface area (Å²) in [5, 5.41) is 15.0. The molecule has 3 rings (SSSR count). The number of non-ortho nitro benzene ring substituents is 1. The Hall–Kier alpha value is -2.73. The van der Waals surface area contributed by atoms with E-state index in [-0.39, 0.29) is 16.7 Å². The summed E-state index contributed by atoms with van der Waals surface area (Å²) in [6.07, 6.45) is 0.681. The van der Waals surface area contributed by atoms with Crippen LogP contribution in [0.2, 0.25) is 5.15 Å². The number of nitro benzene ring substituents is 1. The number of rotatable bonds is 5. The summed E-state index contributed by atoms with van der Waals surface area (Å²) in [6.45, 7) is 0.602. The van der Waals surface area contributed by atoms with E-state index in [2.05, 4.69) is 10.3 Å². The van der Waals surface area contributed by atoms with Gasteiger partial charge in [-0.25, -0.2) is 9.37 Å². The van der Waals surface area contributed by atoms with Crippen LogP contribution in [0.25, 0.3) is 10.9 Å². The molecule has 0 aliphatic rings. The third-order valence-corrected chi connectivity index (χ3v) is 3.81. The van der Waals surface area contributed by atoms with Crippen LogP contribution in [-0.2, 0) is 6.42 Å². The van der Waals surface area contributed by atoms with Crippen molar-refractivity contribution in [2.75, 3.05) is 11.9 Å². The summed E-state index contributed by atoms with van der Waals surface area (Å²) in [5.74, 6) is -0.367. The largest absolute Gasteiger partial charge is 0.384 e. The average molecular weight is 346 g/mol. The molecule has 0 aliphatic carbocycles. The lowest BCUT2D eigenvalue weighted by Gasteiger charge is -2.10. The number of halogens is 2. The Labute approximate surface area is 142 Å². The highest BCUT2D eigenvalue weighted by Crippen LogP contribution is 2.26. The van der Waals surface area contributed by atoms with Gasteiger partial charge in [0.15, 0.2) is 0 Å². The highest BCUT2D eigenvalue weighted by Gasteiger charge is 2.07. The summed E-state index contributed by atoms with van der Waals surface area (Å²) in [4.78, 5) is 14.3. The standard InChI is InChI=1S/C17H13ClFN3O2/c18-17-10-15(14-6-3-12(19)9-16(14)21-17)20-8-7-11-1-4-13(5-2-11)22(23)24/h1-6,9-10H,7-8H2,(H,20,21). The fourth-order valence-electron chi connectivity index (χ4n) is 2.44. The van der Waals surface area contributed by atoms with Crippen molar-refractivity contribution in [1.82, 2.24) is 4.98 Å². The third-order valence-electron chi connectivity index (χ3n) is 3.62. The molecule has 3 aromatic rings. The number of anilines is 1. The molecule has 122 valence electrons. The molecule has 0 aliphatic heterocycles. The van der Waals surface area contributed by atoms with E-state index in [0.717, 1.165) is 16.6 Å². The topological polar surface area (TPSA) is 68.1 Å². The monoisotopic (exact) mass is 345 g/mol. The van der Waals surface area contributed by atoms with Crippen LogP contribution in [0.5, 0.6) is 0 Å². The van der Waals surface area contributed by atoms with Crippen molar-refractivity contribution in [2.24, 2.45) is 0 Å². The van der Waals surface area contributed by atoms with Gasteiger partial charge in [-0.3, -0.25) is 10.1 Å². The fourth-order valence-corrected chi connectivity index (χ4v) is 2.64. The number of nitro groups is 1. The van der Waals surface area contributed by atoms with Crippen molar-refractivity contribution >= 4 is 33.9 Å². The Bertz CT molecular complexity index is 895. The second kappa shape index (κ2) is 6.80. The number of benzene rings is 2. The van der Waals surface area contributed by atoms with Crippen molar-refractivity contribution < 1.29 is 9.31 Å². The predicted octanol–water partition coefficient (Wildman–Crippen LogP) is 4.59. The molecule has 0 atom stereocenters. The van der Waals surface area contributed by atoms with Crippen LogP contribution >= 0.6 is 11.6 Å². The molecule has 7 heteroatoms. The second-order valence-electron chi connectivity index (χ2n) is 5.25. The van der Waals surface area contributed by atoms with Crippen LogP contribution in [0.15, 0.2) is 48.5 Å². The second-order valence-corrected chi connectivity index (χ2v) is 5.64. The minimum atomic E-state index is -0.424. The summed E-state index contributed by atoms with van der Waals surface area (Å²) in [5.41, 5.74) is 2.30. The van der Waals surface area contributed by atoms with Crippen molar-refractivity contribution in [1.29, 1.82) is 0 Å². The van der Waals surface area contributed by atoms with Gasteiger partial charge in [0.25, 0.3) is 5.69 Å². The van der Waals surface area contributed by atoms with Gasteiger partial charge in [-0.2, -0.15) is 0 Å². The van der Waals surface area contributed by atoms with E-state index >= 15 is 0 Å². The van der Waals surface area contributed by atoms with Crippen LogP contribution < -0.4 is 5.32 Å². The molecular weight excluding hydrogens is 333 g/mol. The zero-order valence-corrected chi connectivity index (χ0v) is 13.3. The van der Waals surface area contributed by atoms with Gasteiger partial charge in [0, 0.05) is 35.8 Å². The van der Waals surface area contributed by atoms with Crippen molar-refractivity contribution in [3.63, 3.8) is 0 Å². The zero-order chi connectivity index (χ0) is 17.1. The van der Waals surface area contributed by atoms with E-state index in [9.17, 15) is 14.5 Å². The number of pyridine rings is 1. The van der Waals surface area contributed by atoms with Gasteiger partial charge in [0.1, 0.15) is 11.0 Å². The molecule has 5 nitrogen and oxygen atoms in total. The quantitative estimate of drug-likeness (QED) is 0.417. The third kappa shape index (κ3) is 3.60. The molecule has 1 N–H and O–H groups in total. The fraction of sp³-hybridized carbons (Fsp3) is 0.118. The van der Waals surface area contributed by atoms with Gasteiger partial charge in [0.2, 0.25) is 0 Å². The summed E-state index contributed by atoms with van der Waals surface area (Å²) in [7, 11) is 0. The molecule has 0 unspecified atom stereocenters. The van der Waals surface area contributed by atoms with Crippen LogP contribution in [0.4, 0.5) is 15.8 Å². The molecule has 0 radical (unpaired) electrons. The Morgan fingerprint density at radius 3 is 2.62 bits per heavy atom. The minimum absolute atomic E-state index is 0.0700. The number of fused-ring (bicyclic) bond motifs is 1. The normalized spacial score (nSPS) is 10.8. The molecule has 0 fully saturated rings. The van der Waals surface area contributed by atoms with Crippen LogP contribution in [0.3, 0.4) is 0 Å². The lowest BCUT2D eigenvalue weighted by molar-refractivity contribution is -0.384. The smallest absolute Gasteiger partial charge is 0.269 e. The molecule has 0 spiro atoms. The number of aromatic nitrogens is 1. The van der Waals surface area contributed by atoms with Crippen LogP contribution in [0, 0.1) is 15.9 Å². The minimum Gasteiger partial charge on any atom is -0.384 e. The first-order valence-electron chi connectivity index (χ1n) is 7.26. The van der Waals surface area contributed by atoms with Gasteiger partial charge in [0.05, 0.1) is 10.4 Å². The van der Waals surface area contributed by atoms with Crippen molar-refractivity contribution in [2.45, 2.75) is 6.42 Å². The molecule has 0 amide bonds. The van der Waals surface area contributed by atoms with Gasteiger partial charge in [-0.1, -0.05) is 23.7 Å². The van der Waals surface area contributed by atoms with Crippen molar-refractivity contribution in [3.8, 4) is 0 Å². The SMILES string of the molecule is O=[N+]([O-])c1ccc(CCNc2cc(Cl)nc3cc(F)ccc23)cc1. The average Bonchev–Trinajstić information content (AvgIpc) is 2.54. The highest BCUT2D eigenvalue weighted by atomic mass is 35.5. The van der Waals surface area contributed by atoms with Crippen LogP contribution in [0.1, 0.15) is 5.56 Å². The Morgan fingerprint density at radius 1 is 1.17 bits per heavy atom. The Morgan fingerprint density at radius 2 is 1.92 bits per heavy atom. The number of hydrogen-bond acceptors (Lipinski definition) is 4.